The number of hydrogen-bond donors (Lipinski definition) is 4. The van der Waals surface area contributed by atoms with Gasteiger partial charge < -0.3 is 20.6 Å². The summed E-state index contributed by atoms with van der Waals surface area (Å²) in [6.45, 7) is 0. The second-order valence-corrected chi connectivity index (χ2v) is 3.08. The van der Waals surface area contributed by atoms with Gasteiger partial charge in [0.05, 0.1) is 18.2 Å². The lowest BCUT2D eigenvalue weighted by Gasteiger charge is -2.25. The fraction of sp³-hybridized carbons (Fsp3) is 1.00. The quantitative estimate of drug-likeness (QED) is 0.292. The van der Waals surface area contributed by atoms with E-state index in [1.165, 1.54) is 0 Å². The van der Waals surface area contributed by atoms with Gasteiger partial charge in [0.15, 0.2) is 0 Å². The summed E-state index contributed by atoms with van der Waals surface area (Å²) in [5.74, 6) is 0. The molecule has 4 N–H and O–H groups in total. The van der Waals surface area contributed by atoms with Crippen LogP contribution in [-0.2, 0) is 0 Å². The zero-order chi connectivity index (χ0) is 7.30. The lowest BCUT2D eigenvalue weighted by atomic mass is 9.92. The van der Waals surface area contributed by atoms with Crippen LogP contribution in [0.2, 0.25) is 0 Å². The van der Waals surface area contributed by atoms with Gasteiger partial charge >= 0.3 is 0 Å². The van der Waals surface area contributed by atoms with Crippen LogP contribution in [0.3, 0.4) is 0 Å². The summed E-state index contributed by atoms with van der Waals surface area (Å²) in [7, 11) is 0. The van der Waals surface area contributed by atoms with Crippen molar-refractivity contribution in [3.05, 3.63) is 0 Å². The van der Waals surface area contributed by atoms with E-state index in [1.54, 1.807) is 0 Å². The van der Waals surface area contributed by atoms with Crippen LogP contribution >= 0.6 is 0 Å². The molecule has 0 aromatic carbocycles. The van der Waals surface area contributed by atoms with Gasteiger partial charge in [0.25, 0.3) is 0 Å². The van der Waals surface area contributed by atoms with Crippen molar-refractivity contribution in [3.8, 4) is 0 Å². The molecule has 0 aromatic rings. The molecule has 0 unspecified atom stereocenters. The van der Waals surface area contributed by atoms with Crippen molar-refractivity contribution in [2.24, 2.45) is 0 Å². The standard InChI is InChI=1S/C6H11NO3/c8-3-1-2-4(7-2)6(10)5(3)9/h2-10H,1H2/t2-,3+,4-,5-,6-/m0/s1. The van der Waals surface area contributed by atoms with Crippen LogP contribution in [0, 0.1) is 0 Å². The van der Waals surface area contributed by atoms with Gasteiger partial charge in [-0.1, -0.05) is 0 Å². The molecule has 1 saturated heterocycles. The molecule has 0 radical (unpaired) electrons. The first kappa shape index (κ1) is 6.54. The molecule has 5 atom stereocenters. The maximum Gasteiger partial charge on any atom is 0.107 e. The zero-order valence-corrected chi connectivity index (χ0v) is 5.44. The summed E-state index contributed by atoms with van der Waals surface area (Å²) in [5, 5.41) is 30.4. The third kappa shape index (κ3) is 0.769. The highest BCUT2D eigenvalue weighted by molar-refractivity contribution is 5.11. The number of nitrogens with one attached hydrogen (secondary N) is 1. The lowest BCUT2D eigenvalue weighted by molar-refractivity contribution is -0.0738. The summed E-state index contributed by atoms with van der Waals surface area (Å²) in [4.78, 5) is 0. The highest BCUT2D eigenvalue weighted by Crippen LogP contribution is 2.29. The van der Waals surface area contributed by atoms with Crippen molar-refractivity contribution >= 4 is 0 Å². The largest absolute Gasteiger partial charge is 0.390 e. The molecule has 1 aliphatic carbocycles. The van der Waals surface area contributed by atoms with Crippen molar-refractivity contribution in [1.29, 1.82) is 0 Å². The number of aliphatic hydroxyl groups excluding tert-OH is 3. The second-order valence-electron chi connectivity index (χ2n) is 3.08. The van der Waals surface area contributed by atoms with Crippen molar-refractivity contribution < 1.29 is 15.3 Å². The third-order valence-electron chi connectivity index (χ3n) is 2.34. The Morgan fingerprint density at radius 2 is 1.80 bits per heavy atom. The van der Waals surface area contributed by atoms with Gasteiger partial charge in [0.1, 0.15) is 6.10 Å². The fourth-order valence-electron chi connectivity index (χ4n) is 1.58. The molecule has 2 rings (SSSR count). The average Bonchev–Trinajstić information content (AvgIpc) is 2.62. The summed E-state index contributed by atoms with van der Waals surface area (Å²) >= 11 is 0. The van der Waals surface area contributed by atoms with E-state index >= 15 is 0 Å². The third-order valence-corrected chi connectivity index (χ3v) is 2.34. The molecule has 1 saturated carbocycles. The molecule has 0 bridgehead atoms. The van der Waals surface area contributed by atoms with E-state index < -0.39 is 18.3 Å². The predicted octanol–water partition coefficient (Wildman–Crippen LogP) is -2.19. The summed E-state index contributed by atoms with van der Waals surface area (Å²) in [6.07, 6.45) is -1.95. The molecule has 0 aromatic heterocycles. The molecule has 10 heavy (non-hydrogen) atoms. The molecule has 58 valence electrons. The summed E-state index contributed by atoms with van der Waals surface area (Å²) in [6, 6.07) is 0.256. The van der Waals surface area contributed by atoms with Gasteiger partial charge in [-0.15, -0.1) is 0 Å². The minimum Gasteiger partial charge on any atom is -0.390 e. The first-order chi connectivity index (χ1) is 4.70. The first-order valence-electron chi connectivity index (χ1n) is 3.50. The van der Waals surface area contributed by atoms with Crippen molar-refractivity contribution in [3.63, 3.8) is 0 Å². The average molecular weight is 145 g/mol. The lowest BCUT2D eigenvalue weighted by Crippen LogP contribution is -2.45. The Balaban J connectivity index is 2.07. The molecule has 1 heterocycles. The molecule has 2 fully saturated rings. The van der Waals surface area contributed by atoms with E-state index in [4.69, 9.17) is 10.2 Å². The number of rotatable bonds is 0. The highest BCUT2D eigenvalue weighted by atomic mass is 16.4. The number of fused-ring (bicyclic) bond motifs is 1. The molecule has 0 amide bonds. The van der Waals surface area contributed by atoms with Crippen LogP contribution in [0.25, 0.3) is 0 Å². The van der Waals surface area contributed by atoms with Crippen LogP contribution in [0.5, 0.6) is 0 Å². The highest BCUT2D eigenvalue weighted by Gasteiger charge is 2.51. The monoisotopic (exact) mass is 145 g/mol. The van der Waals surface area contributed by atoms with Crippen molar-refractivity contribution in [1.82, 2.24) is 5.32 Å². The minimum atomic E-state index is -0.962. The van der Waals surface area contributed by atoms with E-state index in [9.17, 15) is 5.11 Å². The van der Waals surface area contributed by atoms with E-state index in [1.807, 2.05) is 0 Å². The SMILES string of the molecule is O[C@@H]1[C@@H](O)[C@H](O)C[C@@H]2N[C@H]12. The molecule has 4 nitrogen and oxygen atoms in total. The zero-order valence-electron chi connectivity index (χ0n) is 5.44. The maximum atomic E-state index is 9.19. The Hall–Kier alpha value is -0.160. The Bertz CT molecular complexity index is 150. The van der Waals surface area contributed by atoms with Crippen molar-refractivity contribution in [2.45, 2.75) is 36.8 Å². The van der Waals surface area contributed by atoms with Gasteiger partial charge in [0, 0.05) is 6.04 Å². The molecule has 0 spiro atoms. The van der Waals surface area contributed by atoms with Crippen LogP contribution in [0.15, 0.2) is 0 Å². The van der Waals surface area contributed by atoms with E-state index in [2.05, 4.69) is 5.32 Å². The van der Waals surface area contributed by atoms with Crippen molar-refractivity contribution in [2.75, 3.05) is 0 Å². The van der Waals surface area contributed by atoms with Crippen LogP contribution in [0.4, 0.5) is 0 Å². The summed E-state index contributed by atoms with van der Waals surface area (Å²) in [5.41, 5.74) is 0. The molecule has 1 aliphatic heterocycles. The fourth-order valence-corrected chi connectivity index (χ4v) is 1.58. The van der Waals surface area contributed by atoms with E-state index in [0.717, 1.165) is 0 Å². The smallest absolute Gasteiger partial charge is 0.107 e. The van der Waals surface area contributed by atoms with Gasteiger partial charge in [-0.2, -0.15) is 0 Å². The second kappa shape index (κ2) is 1.92. The van der Waals surface area contributed by atoms with Gasteiger partial charge in [0.2, 0.25) is 0 Å². The van der Waals surface area contributed by atoms with Gasteiger partial charge in [-0.05, 0) is 6.42 Å². The first-order valence-corrected chi connectivity index (χ1v) is 3.50. The predicted molar refractivity (Wildman–Crippen MR) is 33.3 cm³/mol. The summed E-state index contributed by atoms with van der Waals surface area (Å²) < 4.78 is 0. The maximum absolute atomic E-state index is 9.19. The van der Waals surface area contributed by atoms with E-state index in [-0.39, 0.29) is 12.1 Å². The Morgan fingerprint density at radius 3 is 2.50 bits per heavy atom. The normalized spacial score (nSPS) is 59.7. The van der Waals surface area contributed by atoms with Crippen LogP contribution in [0.1, 0.15) is 6.42 Å². The van der Waals surface area contributed by atoms with Crippen LogP contribution < -0.4 is 5.32 Å². The Morgan fingerprint density at radius 1 is 1.10 bits per heavy atom. The molecular weight excluding hydrogens is 134 g/mol. The molecule has 2 aliphatic rings. The Kier molecular flexibility index (Phi) is 1.25. The number of aliphatic hydroxyl groups is 3. The van der Waals surface area contributed by atoms with E-state index in [0.29, 0.717) is 6.42 Å². The van der Waals surface area contributed by atoms with Gasteiger partial charge in [-0.3, -0.25) is 0 Å². The minimum absolute atomic E-state index is 0.0263. The molecule has 4 heteroatoms. The Labute approximate surface area is 58.5 Å². The van der Waals surface area contributed by atoms with Gasteiger partial charge in [-0.25, -0.2) is 0 Å². The number of hydrogen-bond acceptors (Lipinski definition) is 4. The van der Waals surface area contributed by atoms with Crippen LogP contribution in [-0.4, -0.2) is 45.7 Å². The molecular formula is C6H11NO3. The topological polar surface area (TPSA) is 82.6 Å².